The molecule has 0 saturated heterocycles. The van der Waals surface area contributed by atoms with Crippen molar-refractivity contribution in [2.45, 2.75) is 12.8 Å². The summed E-state index contributed by atoms with van der Waals surface area (Å²) in [5.41, 5.74) is 1.18. The molecule has 4 rings (SSSR count). The van der Waals surface area contributed by atoms with Crippen LogP contribution < -0.4 is 9.47 Å². The van der Waals surface area contributed by atoms with Crippen LogP contribution in [0, 0.1) is 5.82 Å². The van der Waals surface area contributed by atoms with Gasteiger partial charge in [0.1, 0.15) is 11.6 Å². The van der Waals surface area contributed by atoms with Crippen LogP contribution in [0.5, 0.6) is 11.5 Å². The van der Waals surface area contributed by atoms with Gasteiger partial charge in [-0.15, -0.1) is 11.3 Å². The fourth-order valence-corrected chi connectivity index (χ4v) is 4.31. The predicted octanol–water partition coefficient (Wildman–Crippen LogP) is 6.16. The summed E-state index contributed by atoms with van der Waals surface area (Å²) in [5, 5.41) is 2.54. The van der Waals surface area contributed by atoms with E-state index < -0.39 is 0 Å². The number of thiophene rings is 1. The summed E-state index contributed by atoms with van der Waals surface area (Å²) >= 11 is 1.29. The van der Waals surface area contributed by atoms with Crippen molar-refractivity contribution in [1.82, 2.24) is 0 Å². The minimum absolute atomic E-state index is 0.0130. The third-order valence-electron chi connectivity index (χ3n) is 4.98. The van der Waals surface area contributed by atoms with Gasteiger partial charge in [-0.2, -0.15) is 0 Å². The Balaban J connectivity index is 1.46. The summed E-state index contributed by atoms with van der Waals surface area (Å²) in [6.45, 7) is 0. The van der Waals surface area contributed by atoms with Crippen LogP contribution in [0.15, 0.2) is 58.3 Å². The van der Waals surface area contributed by atoms with E-state index in [1.165, 1.54) is 31.6 Å². The van der Waals surface area contributed by atoms with E-state index in [-0.39, 0.29) is 36.0 Å². The molecule has 2 heterocycles. The number of rotatable bonds is 8. The van der Waals surface area contributed by atoms with Crippen molar-refractivity contribution >= 4 is 33.0 Å². The molecule has 5 nitrogen and oxygen atoms in total. The highest BCUT2D eigenvalue weighted by Gasteiger charge is 2.18. The van der Waals surface area contributed by atoms with Crippen LogP contribution in [0.2, 0.25) is 0 Å². The van der Waals surface area contributed by atoms with Crippen LogP contribution in [-0.4, -0.2) is 25.8 Å². The number of benzene rings is 2. The summed E-state index contributed by atoms with van der Waals surface area (Å²) in [5.74, 6) is 0.905. The lowest BCUT2D eigenvalue weighted by Crippen LogP contribution is -2.05. The van der Waals surface area contributed by atoms with Gasteiger partial charge in [-0.1, -0.05) is 12.1 Å². The minimum Gasteiger partial charge on any atom is -0.493 e. The molecule has 0 unspecified atom stereocenters. The standard InChI is InChI=1S/C24H19FO5S/c1-28-22-9-6-14(12-23(22)29-2)18(26)7-8-19(27)21-11-10-20(30-21)16-13-31-24-15(16)4-3-5-17(24)25/h3-6,9-13H,7-8H2,1-2H3. The highest BCUT2D eigenvalue weighted by molar-refractivity contribution is 7.17. The molecule has 0 atom stereocenters. The van der Waals surface area contributed by atoms with Crippen LogP contribution in [0.1, 0.15) is 33.8 Å². The van der Waals surface area contributed by atoms with Gasteiger partial charge < -0.3 is 13.9 Å². The van der Waals surface area contributed by atoms with Crippen molar-refractivity contribution in [3.63, 3.8) is 0 Å². The number of carbonyl (C=O) groups excluding carboxylic acids is 2. The van der Waals surface area contributed by atoms with Crippen LogP contribution in [0.4, 0.5) is 4.39 Å². The summed E-state index contributed by atoms with van der Waals surface area (Å²) in [6.07, 6.45) is 0.0517. The number of halogens is 1. The zero-order valence-corrected chi connectivity index (χ0v) is 17.8. The normalized spacial score (nSPS) is 10.9. The first-order chi connectivity index (χ1) is 15.0. The molecule has 2 aromatic carbocycles. The first-order valence-electron chi connectivity index (χ1n) is 9.56. The Hall–Kier alpha value is -3.45. The second kappa shape index (κ2) is 8.73. The fraction of sp³-hybridized carbons (Fsp3) is 0.167. The highest BCUT2D eigenvalue weighted by Crippen LogP contribution is 2.36. The Morgan fingerprint density at radius 3 is 2.52 bits per heavy atom. The Bertz CT molecular complexity index is 1270. The maximum absolute atomic E-state index is 13.9. The Morgan fingerprint density at radius 2 is 1.74 bits per heavy atom. The molecule has 0 saturated carbocycles. The zero-order valence-electron chi connectivity index (χ0n) is 16.9. The number of hydrogen-bond donors (Lipinski definition) is 0. The van der Waals surface area contributed by atoms with E-state index in [0.717, 1.165) is 10.9 Å². The van der Waals surface area contributed by atoms with Gasteiger partial charge in [0.25, 0.3) is 0 Å². The van der Waals surface area contributed by atoms with Gasteiger partial charge in [0.05, 0.1) is 18.9 Å². The number of carbonyl (C=O) groups is 2. The second-order valence-corrected chi connectivity index (χ2v) is 7.73. The third kappa shape index (κ3) is 4.09. The van der Waals surface area contributed by atoms with Gasteiger partial charge in [-0.3, -0.25) is 9.59 Å². The maximum atomic E-state index is 13.9. The molecule has 0 amide bonds. The third-order valence-corrected chi connectivity index (χ3v) is 5.99. The van der Waals surface area contributed by atoms with Gasteiger partial charge >= 0.3 is 0 Å². The smallest absolute Gasteiger partial charge is 0.198 e. The van der Waals surface area contributed by atoms with E-state index in [2.05, 4.69) is 0 Å². The van der Waals surface area contributed by atoms with Gasteiger partial charge in [0.15, 0.2) is 28.8 Å². The van der Waals surface area contributed by atoms with Crippen LogP contribution in [0.3, 0.4) is 0 Å². The number of methoxy groups -OCH3 is 2. The molecule has 0 aliphatic heterocycles. The summed E-state index contributed by atoms with van der Waals surface area (Å²) < 4.78 is 30.6. The molecule has 0 radical (unpaired) electrons. The maximum Gasteiger partial charge on any atom is 0.198 e. The molecular weight excluding hydrogens is 419 g/mol. The Kier molecular flexibility index (Phi) is 5.86. The van der Waals surface area contributed by atoms with Crippen LogP contribution >= 0.6 is 11.3 Å². The lowest BCUT2D eigenvalue weighted by atomic mass is 10.0. The molecule has 0 aliphatic rings. The van der Waals surface area contributed by atoms with Crippen LogP contribution in [0.25, 0.3) is 21.4 Å². The average Bonchev–Trinajstić information content (AvgIpc) is 3.44. The van der Waals surface area contributed by atoms with Crippen molar-refractivity contribution in [1.29, 1.82) is 0 Å². The molecule has 2 aromatic heterocycles. The van der Waals surface area contributed by atoms with E-state index in [0.29, 0.717) is 27.5 Å². The fourth-order valence-electron chi connectivity index (χ4n) is 3.35. The van der Waals surface area contributed by atoms with Crippen molar-refractivity contribution in [3.05, 3.63) is 71.1 Å². The second-order valence-electron chi connectivity index (χ2n) is 6.85. The summed E-state index contributed by atoms with van der Waals surface area (Å²) in [7, 11) is 3.01. The zero-order chi connectivity index (χ0) is 22.0. The van der Waals surface area contributed by atoms with Gasteiger partial charge in [-0.25, -0.2) is 4.39 Å². The molecule has 4 aromatic rings. The SMILES string of the molecule is COc1ccc(C(=O)CCC(=O)c2ccc(-c3csc4c(F)cccc34)o2)cc1OC. The molecule has 0 fully saturated rings. The molecule has 0 N–H and O–H groups in total. The lowest BCUT2D eigenvalue weighted by Gasteiger charge is -2.08. The molecule has 7 heteroatoms. The number of ketones is 2. The van der Waals surface area contributed by atoms with Gasteiger partial charge in [0.2, 0.25) is 0 Å². The summed E-state index contributed by atoms with van der Waals surface area (Å²) in [4.78, 5) is 25.1. The number of Topliss-reactive ketones (excluding diaryl/α,β-unsaturated/α-hetero) is 2. The van der Waals surface area contributed by atoms with Gasteiger partial charge in [0, 0.05) is 34.7 Å². The van der Waals surface area contributed by atoms with E-state index in [1.807, 2.05) is 6.07 Å². The first-order valence-corrected chi connectivity index (χ1v) is 10.4. The predicted molar refractivity (Wildman–Crippen MR) is 117 cm³/mol. The van der Waals surface area contributed by atoms with Crippen molar-refractivity contribution < 1.29 is 27.9 Å². The van der Waals surface area contributed by atoms with Crippen molar-refractivity contribution in [3.8, 4) is 22.8 Å². The molecule has 158 valence electrons. The summed E-state index contributed by atoms with van der Waals surface area (Å²) in [6, 6.07) is 13.0. The average molecular weight is 438 g/mol. The number of fused-ring (bicyclic) bond motifs is 1. The van der Waals surface area contributed by atoms with Crippen molar-refractivity contribution in [2.75, 3.05) is 14.2 Å². The molecule has 0 spiro atoms. The van der Waals surface area contributed by atoms with E-state index >= 15 is 0 Å². The minimum atomic E-state index is -0.287. The van der Waals surface area contributed by atoms with Crippen molar-refractivity contribution in [2.24, 2.45) is 0 Å². The number of ether oxygens (including phenoxy) is 2. The molecular formula is C24H19FO5S. The topological polar surface area (TPSA) is 65.7 Å². The van der Waals surface area contributed by atoms with E-state index in [4.69, 9.17) is 13.9 Å². The van der Waals surface area contributed by atoms with E-state index in [1.54, 1.807) is 41.8 Å². The monoisotopic (exact) mass is 438 g/mol. The van der Waals surface area contributed by atoms with Crippen LogP contribution in [-0.2, 0) is 0 Å². The molecule has 0 bridgehead atoms. The number of hydrogen-bond acceptors (Lipinski definition) is 6. The molecule has 31 heavy (non-hydrogen) atoms. The number of furan rings is 1. The quantitative estimate of drug-likeness (QED) is 0.308. The highest BCUT2D eigenvalue weighted by atomic mass is 32.1. The molecule has 0 aliphatic carbocycles. The van der Waals surface area contributed by atoms with E-state index in [9.17, 15) is 14.0 Å². The lowest BCUT2D eigenvalue weighted by molar-refractivity contribution is 0.0902. The first kappa shape index (κ1) is 20.8. The Labute approximate surface area is 182 Å². The van der Waals surface area contributed by atoms with Gasteiger partial charge in [-0.05, 0) is 36.4 Å². The largest absolute Gasteiger partial charge is 0.493 e. The Morgan fingerprint density at radius 1 is 0.968 bits per heavy atom.